The van der Waals surface area contributed by atoms with Crippen molar-refractivity contribution in [1.82, 2.24) is 0 Å². The Morgan fingerprint density at radius 1 is 0.800 bits per heavy atom. The summed E-state index contributed by atoms with van der Waals surface area (Å²) < 4.78 is 66.7. The van der Waals surface area contributed by atoms with Gasteiger partial charge in [-0.2, -0.15) is 21.6 Å². The van der Waals surface area contributed by atoms with Gasteiger partial charge in [0.05, 0.1) is 0 Å². The molecule has 7 heteroatoms. The van der Waals surface area contributed by atoms with E-state index in [0.29, 0.717) is 0 Å². The van der Waals surface area contributed by atoms with Gasteiger partial charge in [0.2, 0.25) is 0 Å². The maximum absolute atomic E-state index is 12.9. The summed E-state index contributed by atoms with van der Waals surface area (Å²) in [4.78, 5) is 0. The smallest absolute Gasteiger partial charge is 0.380 e. The Balaban J connectivity index is 3.72. The third-order valence-electron chi connectivity index (χ3n) is 8.43. The number of allylic oxidation sites excluding steroid dienone is 2. The van der Waals surface area contributed by atoms with Gasteiger partial charge in [0.1, 0.15) is 5.76 Å². The number of halogens is 3. The fraction of sp³-hybridized carbons (Fsp3) is 0.889. The van der Waals surface area contributed by atoms with Crippen LogP contribution in [0.25, 0.3) is 0 Å². The molecule has 1 rings (SSSR count). The number of alkyl halides is 3. The first kappa shape index (κ1) is 22.3. The van der Waals surface area contributed by atoms with Crippen molar-refractivity contribution >= 4 is 10.1 Å². The van der Waals surface area contributed by atoms with Gasteiger partial charge < -0.3 is 4.18 Å². The summed E-state index contributed by atoms with van der Waals surface area (Å²) in [5.74, 6) is -0.154. The topological polar surface area (TPSA) is 43.4 Å². The highest BCUT2D eigenvalue weighted by Crippen LogP contribution is 2.79. The molecule has 0 amide bonds. The Kier molecular flexibility index (Phi) is 4.82. The zero-order valence-corrected chi connectivity index (χ0v) is 17.7. The molecule has 25 heavy (non-hydrogen) atoms. The SMILES string of the molecule is C/C=C(/OS(=O)(=O)C(F)(F)F)C1(C)C(C)(C)C(C)(C)C(C)(C)C1(C)C. The molecular weight excluding hydrogens is 353 g/mol. The van der Waals surface area contributed by atoms with Crippen LogP contribution in [0.4, 0.5) is 13.2 Å². The van der Waals surface area contributed by atoms with E-state index in [4.69, 9.17) is 4.18 Å². The summed E-state index contributed by atoms with van der Waals surface area (Å²) in [6.45, 7) is 19.5. The molecule has 1 aliphatic carbocycles. The third-order valence-corrected chi connectivity index (χ3v) is 9.39. The lowest BCUT2D eigenvalue weighted by atomic mass is 9.55. The van der Waals surface area contributed by atoms with Gasteiger partial charge in [-0.15, -0.1) is 0 Å². The summed E-state index contributed by atoms with van der Waals surface area (Å²) in [5.41, 5.74) is -8.11. The van der Waals surface area contributed by atoms with Crippen molar-refractivity contribution in [2.45, 2.75) is 74.7 Å². The van der Waals surface area contributed by atoms with Crippen LogP contribution >= 0.6 is 0 Å². The molecular formula is C18H31F3O3S. The van der Waals surface area contributed by atoms with Crippen LogP contribution in [-0.4, -0.2) is 13.9 Å². The molecule has 0 bridgehead atoms. The highest BCUT2D eigenvalue weighted by atomic mass is 32.2. The quantitative estimate of drug-likeness (QED) is 0.347. The van der Waals surface area contributed by atoms with Crippen molar-refractivity contribution in [2.24, 2.45) is 27.1 Å². The normalized spacial score (nSPS) is 27.2. The lowest BCUT2D eigenvalue weighted by molar-refractivity contribution is -0.0585. The molecule has 0 heterocycles. The van der Waals surface area contributed by atoms with Crippen molar-refractivity contribution in [3.05, 3.63) is 11.8 Å². The lowest BCUT2D eigenvalue weighted by Crippen LogP contribution is -2.46. The minimum atomic E-state index is -5.73. The number of hydrogen-bond donors (Lipinski definition) is 0. The molecule has 0 radical (unpaired) electrons. The summed E-state index contributed by atoms with van der Waals surface area (Å²) in [7, 11) is -5.73. The molecule has 148 valence electrons. The van der Waals surface area contributed by atoms with Gasteiger partial charge in [0.25, 0.3) is 0 Å². The molecule has 0 unspecified atom stereocenters. The van der Waals surface area contributed by atoms with Gasteiger partial charge in [-0.3, -0.25) is 0 Å². The van der Waals surface area contributed by atoms with Gasteiger partial charge in [-0.25, -0.2) is 0 Å². The van der Waals surface area contributed by atoms with E-state index in [2.05, 4.69) is 27.7 Å². The molecule has 0 aromatic carbocycles. The molecule has 1 saturated carbocycles. The van der Waals surface area contributed by atoms with Gasteiger partial charge in [-0.1, -0.05) is 62.3 Å². The molecule has 0 aromatic rings. The van der Waals surface area contributed by atoms with Crippen LogP contribution in [0.1, 0.15) is 69.2 Å². The highest BCUT2D eigenvalue weighted by molar-refractivity contribution is 7.87. The number of hydrogen-bond acceptors (Lipinski definition) is 3. The average molecular weight is 385 g/mol. The Bertz CT molecular complexity index is 655. The van der Waals surface area contributed by atoms with E-state index < -0.39 is 31.9 Å². The van der Waals surface area contributed by atoms with Crippen molar-refractivity contribution in [1.29, 1.82) is 0 Å². The van der Waals surface area contributed by atoms with E-state index in [0.717, 1.165) is 0 Å². The molecule has 1 aliphatic rings. The lowest BCUT2D eigenvalue weighted by Gasteiger charge is -2.50. The average Bonchev–Trinajstić information content (AvgIpc) is 2.45. The summed E-state index contributed by atoms with van der Waals surface area (Å²) >= 11 is 0. The van der Waals surface area contributed by atoms with E-state index in [9.17, 15) is 21.6 Å². The summed E-state index contributed by atoms with van der Waals surface area (Å²) in [6.07, 6.45) is 1.35. The second-order valence-corrected chi connectivity index (χ2v) is 10.8. The van der Waals surface area contributed by atoms with Crippen LogP contribution in [0.3, 0.4) is 0 Å². The largest absolute Gasteiger partial charge is 0.534 e. The van der Waals surface area contributed by atoms with Gasteiger partial charge >= 0.3 is 15.6 Å². The second-order valence-electron chi connectivity index (χ2n) is 9.26. The van der Waals surface area contributed by atoms with E-state index in [1.165, 1.54) is 13.0 Å². The molecule has 0 aliphatic heterocycles. The molecule has 0 aromatic heterocycles. The maximum atomic E-state index is 12.9. The monoisotopic (exact) mass is 384 g/mol. The zero-order valence-electron chi connectivity index (χ0n) is 16.8. The van der Waals surface area contributed by atoms with Crippen LogP contribution in [0.5, 0.6) is 0 Å². The standard InChI is InChI=1S/C18H31F3O3S/c1-11-12(24-25(22,23)18(19,20)21)17(10)15(6,7)13(2,3)14(4,5)16(17,8)9/h11H,1-10H3/b12-11+. The number of rotatable bonds is 3. The van der Waals surface area contributed by atoms with Crippen LogP contribution in [0.2, 0.25) is 0 Å². The predicted molar refractivity (Wildman–Crippen MR) is 93.0 cm³/mol. The molecule has 3 nitrogen and oxygen atoms in total. The fourth-order valence-corrected chi connectivity index (χ4v) is 5.39. The minimum Gasteiger partial charge on any atom is -0.380 e. The minimum absolute atomic E-state index is 0.154. The second kappa shape index (κ2) is 5.40. The summed E-state index contributed by atoms with van der Waals surface area (Å²) in [6, 6.07) is 0. The Labute approximate surface area is 150 Å². The fourth-order valence-electron chi connectivity index (χ4n) is 4.80. The van der Waals surface area contributed by atoms with Crippen LogP contribution < -0.4 is 0 Å². The summed E-state index contributed by atoms with van der Waals surface area (Å²) in [5, 5.41) is 0. The highest BCUT2D eigenvalue weighted by Gasteiger charge is 2.75. The van der Waals surface area contributed by atoms with Crippen molar-refractivity contribution in [2.75, 3.05) is 0 Å². The molecule has 0 atom stereocenters. The first-order valence-electron chi connectivity index (χ1n) is 8.34. The Morgan fingerprint density at radius 2 is 1.12 bits per heavy atom. The van der Waals surface area contributed by atoms with Crippen molar-refractivity contribution in [3.63, 3.8) is 0 Å². The van der Waals surface area contributed by atoms with Crippen molar-refractivity contribution < 1.29 is 25.8 Å². The Hall–Kier alpha value is -0.720. The first-order valence-corrected chi connectivity index (χ1v) is 9.75. The van der Waals surface area contributed by atoms with E-state index in [1.807, 2.05) is 34.6 Å². The first-order chi connectivity index (χ1) is 10.7. The molecule has 0 spiro atoms. The van der Waals surface area contributed by atoms with E-state index in [-0.39, 0.29) is 16.6 Å². The third kappa shape index (κ3) is 2.40. The predicted octanol–water partition coefficient (Wildman–Crippen LogP) is 5.88. The molecule has 0 N–H and O–H groups in total. The molecule has 0 saturated heterocycles. The molecule has 1 fully saturated rings. The van der Waals surface area contributed by atoms with Crippen LogP contribution in [0.15, 0.2) is 11.8 Å². The zero-order chi connectivity index (χ0) is 20.5. The van der Waals surface area contributed by atoms with Gasteiger partial charge in [0.15, 0.2) is 0 Å². The Morgan fingerprint density at radius 3 is 1.36 bits per heavy atom. The van der Waals surface area contributed by atoms with E-state index >= 15 is 0 Å². The van der Waals surface area contributed by atoms with Crippen LogP contribution in [0, 0.1) is 27.1 Å². The van der Waals surface area contributed by atoms with E-state index in [1.54, 1.807) is 0 Å². The van der Waals surface area contributed by atoms with Crippen LogP contribution in [-0.2, 0) is 14.3 Å². The van der Waals surface area contributed by atoms with Gasteiger partial charge in [0, 0.05) is 5.41 Å². The van der Waals surface area contributed by atoms with Gasteiger partial charge in [-0.05, 0) is 34.7 Å². The van der Waals surface area contributed by atoms with Crippen molar-refractivity contribution in [3.8, 4) is 0 Å². The maximum Gasteiger partial charge on any atom is 0.534 e.